The standard InChI is InChI=1S/C24H33N3O6S/c1-31-24-5-3-2-4-23(24)26-12-10-25(11-13-26)18-20(28)19-33-21-6-8-22(9-7-21)34(29,30)27-14-16-32-17-15-27/h2-9,20,28H,10-19H2,1H3/t20-/m1/s1. The van der Waals surface area contributed by atoms with Gasteiger partial charge in [0.05, 0.1) is 30.9 Å². The number of nitrogens with zero attached hydrogens (tertiary/aromatic N) is 3. The number of benzene rings is 2. The van der Waals surface area contributed by atoms with E-state index in [2.05, 4.69) is 15.9 Å². The summed E-state index contributed by atoms with van der Waals surface area (Å²) in [6.07, 6.45) is -0.644. The van der Waals surface area contributed by atoms with Crippen LogP contribution in [0, 0.1) is 0 Å². The molecule has 1 N–H and O–H groups in total. The molecule has 0 aliphatic carbocycles. The number of hydrogen-bond acceptors (Lipinski definition) is 8. The molecule has 0 bridgehead atoms. The first-order valence-corrected chi connectivity index (χ1v) is 13.0. The number of methoxy groups -OCH3 is 1. The van der Waals surface area contributed by atoms with Crippen LogP contribution in [-0.2, 0) is 14.8 Å². The number of β-amino-alcohol motifs (C(OH)–C–C–N with tert-alkyl or cyclic N) is 1. The second kappa shape index (κ2) is 11.4. The van der Waals surface area contributed by atoms with Crippen molar-refractivity contribution in [2.24, 2.45) is 0 Å². The van der Waals surface area contributed by atoms with Gasteiger partial charge in [-0.1, -0.05) is 12.1 Å². The fraction of sp³-hybridized carbons (Fsp3) is 0.500. The van der Waals surface area contributed by atoms with Gasteiger partial charge in [-0.05, 0) is 36.4 Å². The molecule has 10 heteroatoms. The minimum absolute atomic E-state index is 0.141. The lowest BCUT2D eigenvalue weighted by Gasteiger charge is -2.37. The average Bonchev–Trinajstić information content (AvgIpc) is 2.88. The first-order valence-electron chi connectivity index (χ1n) is 11.6. The molecule has 2 aliphatic rings. The van der Waals surface area contributed by atoms with Gasteiger partial charge in [-0.3, -0.25) is 4.90 Å². The van der Waals surface area contributed by atoms with Crippen LogP contribution in [0.1, 0.15) is 0 Å². The van der Waals surface area contributed by atoms with Gasteiger partial charge < -0.3 is 24.2 Å². The number of piperazine rings is 1. The van der Waals surface area contributed by atoms with E-state index in [0.29, 0.717) is 38.6 Å². The molecule has 0 unspecified atom stereocenters. The zero-order valence-electron chi connectivity index (χ0n) is 19.5. The molecule has 34 heavy (non-hydrogen) atoms. The van der Waals surface area contributed by atoms with E-state index in [4.69, 9.17) is 14.2 Å². The summed E-state index contributed by atoms with van der Waals surface area (Å²) in [6.45, 7) is 5.58. The number of aliphatic hydroxyl groups is 1. The van der Waals surface area contributed by atoms with E-state index >= 15 is 0 Å². The largest absolute Gasteiger partial charge is 0.495 e. The molecule has 186 valence electrons. The van der Waals surface area contributed by atoms with Crippen molar-refractivity contribution in [1.29, 1.82) is 0 Å². The maximum atomic E-state index is 12.7. The smallest absolute Gasteiger partial charge is 0.243 e. The van der Waals surface area contributed by atoms with Crippen molar-refractivity contribution in [2.45, 2.75) is 11.0 Å². The van der Waals surface area contributed by atoms with Crippen LogP contribution >= 0.6 is 0 Å². The van der Waals surface area contributed by atoms with Crippen molar-refractivity contribution in [2.75, 3.05) is 77.6 Å². The van der Waals surface area contributed by atoms with Gasteiger partial charge in [0, 0.05) is 45.8 Å². The van der Waals surface area contributed by atoms with Gasteiger partial charge in [0.1, 0.15) is 24.2 Å². The molecule has 0 amide bonds. The highest BCUT2D eigenvalue weighted by Gasteiger charge is 2.26. The summed E-state index contributed by atoms with van der Waals surface area (Å²) in [7, 11) is -1.85. The highest BCUT2D eigenvalue weighted by Crippen LogP contribution is 2.28. The van der Waals surface area contributed by atoms with Gasteiger partial charge >= 0.3 is 0 Å². The molecule has 0 spiro atoms. The summed E-state index contributed by atoms with van der Waals surface area (Å²) >= 11 is 0. The summed E-state index contributed by atoms with van der Waals surface area (Å²) in [4.78, 5) is 4.75. The lowest BCUT2D eigenvalue weighted by molar-refractivity contribution is 0.0662. The minimum Gasteiger partial charge on any atom is -0.495 e. The maximum Gasteiger partial charge on any atom is 0.243 e. The van der Waals surface area contributed by atoms with Crippen LogP contribution < -0.4 is 14.4 Å². The van der Waals surface area contributed by atoms with E-state index in [1.807, 2.05) is 18.2 Å². The molecule has 9 nitrogen and oxygen atoms in total. The molecule has 2 aliphatic heterocycles. The van der Waals surface area contributed by atoms with E-state index in [1.165, 1.54) is 4.31 Å². The topological polar surface area (TPSA) is 91.8 Å². The zero-order valence-corrected chi connectivity index (χ0v) is 20.3. The third-order valence-electron chi connectivity index (χ3n) is 6.14. The first-order chi connectivity index (χ1) is 16.5. The zero-order chi connectivity index (χ0) is 24.0. The summed E-state index contributed by atoms with van der Waals surface area (Å²) in [5, 5.41) is 10.5. The molecule has 2 aromatic rings. The third kappa shape index (κ3) is 6.00. The Morgan fingerprint density at radius 1 is 0.971 bits per heavy atom. The monoisotopic (exact) mass is 491 g/mol. The number of anilines is 1. The Labute approximate surface area is 201 Å². The van der Waals surface area contributed by atoms with Gasteiger partial charge in [-0.2, -0.15) is 4.31 Å². The maximum absolute atomic E-state index is 12.7. The fourth-order valence-corrected chi connectivity index (χ4v) is 5.66. The molecular weight excluding hydrogens is 458 g/mol. The van der Waals surface area contributed by atoms with Crippen LogP contribution in [0.15, 0.2) is 53.4 Å². The van der Waals surface area contributed by atoms with Gasteiger partial charge in [0.15, 0.2) is 0 Å². The van der Waals surface area contributed by atoms with Crippen molar-refractivity contribution >= 4 is 15.7 Å². The van der Waals surface area contributed by atoms with Crippen molar-refractivity contribution in [3.05, 3.63) is 48.5 Å². The van der Waals surface area contributed by atoms with Gasteiger partial charge in [-0.25, -0.2) is 8.42 Å². The Hall–Kier alpha value is -2.37. The van der Waals surface area contributed by atoms with Crippen LogP contribution in [0.5, 0.6) is 11.5 Å². The number of para-hydroxylation sites is 2. The Morgan fingerprint density at radius 3 is 2.32 bits per heavy atom. The number of morpholine rings is 1. The summed E-state index contributed by atoms with van der Waals surface area (Å²) in [5.41, 5.74) is 1.09. The molecule has 1 atom stereocenters. The first kappa shape index (κ1) is 24.7. The molecule has 2 aromatic carbocycles. The predicted octanol–water partition coefficient (Wildman–Crippen LogP) is 1.28. The van der Waals surface area contributed by atoms with E-state index in [1.54, 1.807) is 31.4 Å². The van der Waals surface area contributed by atoms with Crippen molar-refractivity contribution in [3.8, 4) is 11.5 Å². The molecule has 0 aromatic heterocycles. The van der Waals surface area contributed by atoms with Crippen LogP contribution in [-0.4, -0.2) is 102 Å². The van der Waals surface area contributed by atoms with Crippen molar-refractivity contribution in [1.82, 2.24) is 9.21 Å². The highest BCUT2D eigenvalue weighted by molar-refractivity contribution is 7.89. The van der Waals surface area contributed by atoms with E-state index < -0.39 is 16.1 Å². The Morgan fingerprint density at radius 2 is 1.65 bits per heavy atom. The van der Waals surface area contributed by atoms with Gasteiger partial charge in [-0.15, -0.1) is 0 Å². The summed E-state index contributed by atoms with van der Waals surface area (Å²) < 4.78 is 43.3. The molecule has 0 radical (unpaired) electrons. The normalized spacial score (nSPS) is 19.1. The molecule has 2 fully saturated rings. The van der Waals surface area contributed by atoms with Crippen LogP contribution in [0.3, 0.4) is 0 Å². The molecule has 2 saturated heterocycles. The van der Waals surface area contributed by atoms with E-state index in [9.17, 15) is 13.5 Å². The Kier molecular flexibility index (Phi) is 8.28. The number of sulfonamides is 1. The lowest BCUT2D eigenvalue weighted by atomic mass is 10.2. The molecule has 0 saturated carbocycles. The quantitative estimate of drug-likeness (QED) is 0.561. The molecule has 4 rings (SSSR count). The Balaban J connectivity index is 1.22. The average molecular weight is 492 g/mol. The van der Waals surface area contributed by atoms with E-state index in [-0.39, 0.29) is 11.5 Å². The SMILES string of the molecule is COc1ccccc1N1CCN(C[C@@H](O)COc2ccc(S(=O)(=O)N3CCOCC3)cc2)CC1. The number of rotatable bonds is 9. The van der Waals surface area contributed by atoms with Crippen LogP contribution in [0.25, 0.3) is 0 Å². The highest BCUT2D eigenvalue weighted by atomic mass is 32.2. The van der Waals surface area contributed by atoms with E-state index in [0.717, 1.165) is 37.6 Å². The van der Waals surface area contributed by atoms with Crippen LogP contribution in [0.2, 0.25) is 0 Å². The fourth-order valence-electron chi connectivity index (χ4n) is 4.25. The minimum atomic E-state index is -3.53. The summed E-state index contributed by atoms with van der Waals surface area (Å²) in [6, 6.07) is 14.4. The van der Waals surface area contributed by atoms with Crippen LogP contribution in [0.4, 0.5) is 5.69 Å². The van der Waals surface area contributed by atoms with Crippen molar-refractivity contribution < 1.29 is 27.7 Å². The second-order valence-electron chi connectivity index (χ2n) is 8.41. The van der Waals surface area contributed by atoms with Gasteiger partial charge in [0.2, 0.25) is 10.0 Å². The second-order valence-corrected chi connectivity index (χ2v) is 10.4. The molecule has 2 heterocycles. The Bertz CT molecular complexity index is 1020. The number of ether oxygens (including phenoxy) is 3. The van der Waals surface area contributed by atoms with Crippen molar-refractivity contribution in [3.63, 3.8) is 0 Å². The number of aliphatic hydroxyl groups excluding tert-OH is 1. The number of hydrogen-bond donors (Lipinski definition) is 1. The summed E-state index contributed by atoms with van der Waals surface area (Å²) in [5.74, 6) is 1.40. The lowest BCUT2D eigenvalue weighted by Crippen LogP contribution is -2.49. The molecular formula is C24H33N3O6S. The predicted molar refractivity (Wildman–Crippen MR) is 129 cm³/mol. The third-order valence-corrected chi connectivity index (χ3v) is 8.05. The van der Waals surface area contributed by atoms with Gasteiger partial charge in [0.25, 0.3) is 0 Å².